The summed E-state index contributed by atoms with van der Waals surface area (Å²) < 4.78 is 5.33. The van der Waals surface area contributed by atoms with Crippen molar-refractivity contribution in [1.29, 1.82) is 0 Å². The smallest absolute Gasteiger partial charge is 0.337 e. The summed E-state index contributed by atoms with van der Waals surface area (Å²) >= 11 is 1.56. The summed E-state index contributed by atoms with van der Waals surface area (Å²) in [7, 11) is 0. The molecule has 0 radical (unpaired) electrons. The molecule has 0 aliphatic heterocycles. The number of hydrogen-bond acceptors (Lipinski definition) is 5. The average Bonchev–Trinajstić information content (AvgIpc) is 3.27. The van der Waals surface area contributed by atoms with Gasteiger partial charge in [-0.15, -0.1) is 11.3 Å². The van der Waals surface area contributed by atoms with Crippen molar-refractivity contribution in [2.45, 2.75) is 13.1 Å². The molecule has 3 rings (SSSR count). The molecule has 6 nitrogen and oxygen atoms in total. The molecule has 0 aliphatic carbocycles. The molecule has 122 valence electrons. The van der Waals surface area contributed by atoms with E-state index in [0.29, 0.717) is 18.8 Å². The molecule has 1 N–H and O–H groups in total. The molecule has 1 amide bonds. The number of carboxylic acid groups (broad SMARTS) is 1. The van der Waals surface area contributed by atoms with Gasteiger partial charge in [-0.25, -0.2) is 4.79 Å². The van der Waals surface area contributed by atoms with Crippen LogP contribution in [-0.4, -0.2) is 26.9 Å². The first-order chi connectivity index (χ1) is 11.6. The quantitative estimate of drug-likeness (QED) is 0.743. The van der Waals surface area contributed by atoms with Crippen LogP contribution < -0.4 is 0 Å². The third-order valence-corrected chi connectivity index (χ3v) is 4.23. The highest BCUT2D eigenvalue weighted by molar-refractivity contribution is 7.09. The Labute approximate surface area is 142 Å². The molecule has 3 heterocycles. The van der Waals surface area contributed by atoms with E-state index in [9.17, 15) is 9.59 Å². The van der Waals surface area contributed by atoms with Gasteiger partial charge in [0.15, 0.2) is 0 Å². The van der Waals surface area contributed by atoms with Crippen LogP contribution in [0.3, 0.4) is 0 Å². The highest BCUT2D eigenvalue weighted by Crippen LogP contribution is 2.17. The van der Waals surface area contributed by atoms with Crippen molar-refractivity contribution in [3.05, 3.63) is 76.1 Å². The number of carbonyl (C=O) groups is 2. The Bertz CT molecular complexity index is 775. The van der Waals surface area contributed by atoms with Crippen molar-refractivity contribution in [1.82, 2.24) is 9.88 Å². The summed E-state index contributed by atoms with van der Waals surface area (Å²) in [6, 6.07) is 10.2. The molecule has 0 aliphatic rings. The number of thiophene rings is 1. The van der Waals surface area contributed by atoms with Crippen molar-refractivity contribution in [2.24, 2.45) is 0 Å². The van der Waals surface area contributed by atoms with Crippen LogP contribution in [0, 0.1) is 0 Å². The van der Waals surface area contributed by atoms with E-state index in [1.807, 2.05) is 17.5 Å². The fraction of sp³-hybridized carbons (Fsp3) is 0.118. The highest BCUT2D eigenvalue weighted by atomic mass is 32.1. The van der Waals surface area contributed by atoms with Crippen molar-refractivity contribution >= 4 is 23.2 Å². The minimum absolute atomic E-state index is 0.0439. The SMILES string of the molecule is O=C(O)c1ccc(C(=O)N(Cc2ccco2)Cc2cccs2)nc1. The second-order valence-electron chi connectivity index (χ2n) is 5.06. The van der Waals surface area contributed by atoms with Crippen molar-refractivity contribution in [3.63, 3.8) is 0 Å². The lowest BCUT2D eigenvalue weighted by atomic mass is 10.2. The van der Waals surface area contributed by atoms with E-state index in [1.165, 1.54) is 18.3 Å². The molecular weight excluding hydrogens is 328 g/mol. The molecule has 0 aromatic carbocycles. The molecular formula is C17H14N2O4S. The topological polar surface area (TPSA) is 83.6 Å². The number of carboxylic acids is 1. The molecule has 0 spiro atoms. The fourth-order valence-corrected chi connectivity index (χ4v) is 2.91. The van der Waals surface area contributed by atoms with E-state index >= 15 is 0 Å². The maximum atomic E-state index is 12.8. The van der Waals surface area contributed by atoms with Crippen LogP contribution in [-0.2, 0) is 13.1 Å². The third-order valence-electron chi connectivity index (χ3n) is 3.37. The van der Waals surface area contributed by atoms with Crippen LogP contribution in [0.4, 0.5) is 0 Å². The lowest BCUT2D eigenvalue weighted by Crippen LogP contribution is -2.30. The second kappa shape index (κ2) is 7.10. The van der Waals surface area contributed by atoms with Crippen molar-refractivity contribution in [2.75, 3.05) is 0 Å². The number of pyridine rings is 1. The number of furan rings is 1. The van der Waals surface area contributed by atoms with Gasteiger partial charge in [-0.05, 0) is 35.7 Å². The fourth-order valence-electron chi connectivity index (χ4n) is 2.19. The van der Waals surface area contributed by atoms with Crippen LogP contribution >= 0.6 is 11.3 Å². The summed E-state index contributed by atoms with van der Waals surface area (Å²) in [6.07, 6.45) is 2.74. The Morgan fingerprint density at radius 1 is 1.17 bits per heavy atom. The maximum Gasteiger partial charge on any atom is 0.337 e. The molecule has 0 unspecified atom stereocenters. The Balaban J connectivity index is 1.82. The first-order valence-electron chi connectivity index (χ1n) is 7.17. The van der Waals surface area contributed by atoms with Gasteiger partial charge in [0, 0.05) is 11.1 Å². The van der Waals surface area contributed by atoms with Gasteiger partial charge in [-0.1, -0.05) is 6.07 Å². The van der Waals surface area contributed by atoms with Crippen LogP contribution in [0.5, 0.6) is 0 Å². The minimum atomic E-state index is -1.08. The van der Waals surface area contributed by atoms with Gasteiger partial charge in [-0.3, -0.25) is 9.78 Å². The average molecular weight is 342 g/mol. The van der Waals surface area contributed by atoms with E-state index in [4.69, 9.17) is 9.52 Å². The van der Waals surface area contributed by atoms with E-state index in [0.717, 1.165) is 4.88 Å². The first kappa shape index (κ1) is 15.9. The van der Waals surface area contributed by atoms with Gasteiger partial charge < -0.3 is 14.4 Å². The molecule has 3 aromatic heterocycles. The monoisotopic (exact) mass is 342 g/mol. The van der Waals surface area contributed by atoms with Crippen LogP contribution in [0.1, 0.15) is 31.5 Å². The number of amides is 1. The number of hydrogen-bond donors (Lipinski definition) is 1. The number of rotatable bonds is 6. The molecule has 0 saturated carbocycles. The normalized spacial score (nSPS) is 10.5. The summed E-state index contributed by atoms with van der Waals surface area (Å²) in [4.78, 5) is 30.3. The highest BCUT2D eigenvalue weighted by Gasteiger charge is 2.20. The lowest BCUT2D eigenvalue weighted by molar-refractivity contribution is 0.0688. The Morgan fingerprint density at radius 3 is 2.62 bits per heavy atom. The minimum Gasteiger partial charge on any atom is -0.478 e. The van der Waals surface area contributed by atoms with E-state index in [2.05, 4.69) is 4.98 Å². The zero-order valence-corrected chi connectivity index (χ0v) is 13.4. The molecule has 3 aromatic rings. The zero-order valence-electron chi connectivity index (χ0n) is 12.6. The van der Waals surface area contributed by atoms with Crippen molar-refractivity contribution < 1.29 is 19.1 Å². The van der Waals surface area contributed by atoms with Gasteiger partial charge in [-0.2, -0.15) is 0 Å². The summed E-state index contributed by atoms with van der Waals surface area (Å²) in [5.74, 6) is -0.689. The van der Waals surface area contributed by atoms with E-state index in [-0.39, 0.29) is 17.2 Å². The number of aromatic nitrogens is 1. The van der Waals surface area contributed by atoms with Gasteiger partial charge in [0.1, 0.15) is 11.5 Å². The Kier molecular flexibility index (Phi) is 4.72. The molecule has 0 bridgehead atoms. The summed E-state index contributed by atoms with van der Waals surface area (Å²) in [5, 5.41) is 10.9. The largest absolute Gasteiger partial charge is 0.478 e. The Morgan fingerprint density at radius 2 is 2.04 bits per heavy atom. The number of aromatic carboxylic acids is 1. The third kappa shape index (κ3) is 3.69. The second-order valence-corrected chi connectivity index (χ2v) is 6.09. The van der Waals surface area contributed by atoms with Gasteiger partial charge >= 0.3 is 5.97 Å². The molecule has 0 fully saturated rings. The Hall–Kier alpha value is -2.93. The van der Waals surface area contributed by atoms with E-state index < -0.39 is 5.97 Å². The molecule has 0 saturated heterocycles. The standard InChI is InChI=1S/C17H14N2O4S/c20-16(15-6-5-12(9-18-15)17(21)22)19(10-13-3-1-7-23-13)11-14-4-2-8-24-14/h1-9H,10-11H2,(H,21,22). The van der Waals surface area contributed by atoms with Crippen LogP contribution in [0.2, 0.25) is 0 Å². The first-order valence-corrected chi connectivity index (χ1v) is 8.05. The van der Waals surface area contributed by atoms with Crippen molar-refractivity contribution in [3.8, 4) is 0 Å². The van der Waals surface area contributed by atoms with Crippen LogP contribution in [0.25, 0.3) is 0 Å². The maximum absolute atomic E-state index is 12.8. The zero-order chi connectivity index (χ0) is 16.9. The summed E-state index contributed by atoms with van der Waals surface area (Å²) in [5.41, 5.74) is 0.241. The van der Waals surface area contributed by atoms with Gasteiger partial charge in [0.25, 0.3) is 5.91 Å². The predicted molar refractivity (Wildman–Crippen MR) is 87.8 cm³/mol. The number of nitrogens with zero attached hydrogens (tertiary/aromatic N) is 2. The summed E-state index contributed by atoms with van der Waals surface area (Å²) in [6.45, 7) is 0.742. The van der Waals surface area contributed by atoms with Gasteiger partial charge in [0.2, 0.25) is 0 Å². The van der Waals surface area contributed by atoms with Crippen LogP contribution in [0.15, 0.2) is 58.7 Å². The number of carbonyl (C=O) groups excluding carboxylic acids is 1. The molecule has 0 atom stereocenters. The van der Waals surface area contributed by atoms with Gasteiger partial charge in [0.05, 0.1) is 24.9 Å². The van der Waals surface area contributed by atoms with E-state index in [1.54, 1.807) is 34.6 Å². The lowest BCUT2D eigenvalue weighted by Gasteiger charge is -2.20. The molecule has 24 heavy (non-hydrogen) atoms. The predicted octanol–water partition coefficient (Wildman–Crippen LogP) is 3.28. The molecule has 7 heteroatoms.